The van der Waals surface area contributed by atoms with Crippen molar-refractivity contribution in [1.29, 1.82) is 0 Å². The van der Waals surface area contributed by atoms with Gasteiger partial charge in [0.15, 0.2) is 0 Å². The fourth-order valence-electron chi connectivity index (χ4n) is 1.49. The topological polar surface area (TPSA) is 59.1 Å². The summed E-state index contributed by atoms with van der Waals surface area (Å²) >= 11 is 11.3. The van der Waals surface area contributed by atoms with Crippen LogP contribution in [0.2, 0.25) is 10.2 Å². The average molecular weight is 335 g/mol. The largest absolute Gasteiger partial charge is 0.278 e. The zero-order valence-corrected chi connectivity index (χ0v) is 12.5. The van der Waals surface area contributed by atoms with Crippen molar-refractivity contribution in [3.05, 3.63) is 52.0 Å². The molecule has 0 aliphatic carbocycles. The second-order valence-electron chi connectivity index (χ2n) is 3.95. The molecule has 1 aromatic carbocycles. The number of halogens is 3. The summed E-state index contributed by atoms with van der Waals surface area (Å²) in [7, 11) is -3.87. The van der Waals surface area contributed by atoms with E-state index < -0.39 is 15.8 Å². The molecule has 8 heteroatoms. The molecule has 0 bridgehead atoms. The summed E-state index contributed by atoms with van der Waals surface area (Å²) in [5, 5.41) is -0.00546. The lowest BCUT2D eigenvalue weighted by Gasteiger charge is -2.10. The fourth-order valence-corrected chi connectivity index (χ4v) is 3.06. The maximum absolute atomic E-state index is 13.1. The summed E-state index contributed by atoms with van der Waals surface area (Å²) < 4.78 is 39.7. The molecule has 20 heavy (non-hydrogen) atoms. The molecule has 1 heterocycles. The maximum Gasteiger partial charge on any atom is 0.262 e. The minimum Gasteiger partial charge on any atom is -0.278 e. The van der Waals surface area contributed by atoms with Gasteiger partial charge in [-0.15, -0.1) is 0 Å². The van der Waals surface area contributed by atoms with E-state index in [-0.39, 0.29) is 20.8 Å². The number of sulfonamides is 1. The van der Waals surface area contributed by atoms with E-state index in [2.05, 4.69) is 9.71 Å². The van der Waals surface area contributed by atoms with Crippen LogP contribution in [0.4, 0.5) is 10.1 Å². The van der Waals surface area contributed by atoms with Crippen LogP contribution >= 0.6 is 23.2 Å². The molecule has 0 spiro atoms. The lowest BCUT2D eigenvalue weighted by atomic mass is 10.3. The summed E-state index contributed by atoms with van der Waals surface area (Å²) in [4.78, 5) is 3.79. The molecule has 0 amide bonds. The number of rotatable bonds is 3. The number of nitrogens with zero attached hydrogens (tertiary/aromatic N) is 1. The van der Waals surface area contributed by atoms with Crippen molar-refractivity contribution in [2.45, 2.75) is 11.8 Å². The summed E-state index contributed by atoms with van der Waals surface area (Å²) in [6.07, 6.45) is 0. The fraction of sp³-hybridized carbons (Fsp3) is 0.0833. The number of aromatic nitrogens is 1. The lowest BCUT2D eigenvalue weighted by molar-refractivity contribution is 0.599. The number of nitrogens with one attached hydrogen (secondary N) is 1. The van der Waals surface area contributed by atoms with Gasteiger partial charge < -0.3 is 0 Å². The van der Waals surface area contributed by atoms with E-state index in [1.165, 1.54) is 12.1 Å². The predicted octanol–water partition coefficient (Wildman–Crippen LogP) is 3.64. The van der Waals surface area contributed by atoms with E-state index in [1.807, 2.05) is 0 Å². The van der Waals surface area contributed by atoms with Crippen molar-refractivity contribution < 1.29 is 12.8 Å². The van der Waals surface area contributed by atoms with Crippen molar-refractivity contribution in [1.82, 2.24) is 4.98 Å². The van der Waals surface area contributed by atoms with Crippen LogP contribution in [0.5, 0.6) is 0 Å². The summed E-state index contributed by atoms with van der Waals surface area (Å²) in [6.45, 7) is 1.61. The monoisotopic (exact) mass is 334 g/mol. The molecule has 1 aromatic heterocycles. The van der Waals surface area contributed by atoms with Crippen molar-refractivity contribution in [3.8, 4) is 0 Å². The number of hydrogen-bond acceptors (Lipinski definition) is 3. The van der Waals surface area contributed by atoms with Gasteiger partial charge in [0, 0.05) is 0 Å². The Labute approximate surface area is 125 Å². The molecule has 0 fully saturated rings. The van der Waals surface area contributed by atoms with Crippen LogP contribution in [-0.2, 0) is 10.0 Å². The van der Waals surface area contributed by atoms with Crippen LogP contribution in [0, 0.1) is 12.7 Å². The smallest absolute Gasteiger partial charge is 0.262 e. The van der Waals surface area contributed by atoms with E-state index in [4.69, 9.17) is 23.2 Å². The zero-order valence-electron chi connectivity index (χ0n) is 10.2. The lowest BCUT2D eigenvalue weighted by Crippen LogP contribution is -2.14. The molecular formula is C12H9Cl2FN2O2S. The first kappa shape index (κ1) is 15.0. The molecule has 2 rings (SSSR count). The highest BCUT2D eigenvalue weighted by atomic mass is 35.5. The van der Waals surface area contributed by atoms with E-state index in [0.717, 1.165) is 18.2 Å². The van der Waals surface area contributed by atoms with Gasteiger partial charge in [0.2, 0.25) is 0 Å². The molecule has 0 unspecified atom stereocenters. The predicted molar refractivity (Wildman–Crippen MR) is 76.2 cm³/mol. The number of benzene rings is 1. The summed E-state index contributed by atoms with van der Waals surface area (Å²) in [5.74, 6) is -0.685. The molecule has 0 radical (unpaired) electrons. The molecule has 0 atom stereocenters. The summed E-state index contributed by atoms with van der Waals surface area (Å²) in [6, 6.07) is 6.11. The molecule has 0 aliphatic heterocycles. The molecule has 4 nitrogen and oxygen atoms in total. The Kier molecular flexibility index (Phi) is 4.17. The van der Waals surface area contributed by atoms with Crippen LogP contribution in [0.1, 0.15) is 5.69 Å². The van der Waals surface area contributed by atoms with Gasteiger partial charge in [-0.3, -0.25) is 4.72 Å². The SMILES string of the molecule is Cc1nc(Cl)ccc1NS(=O)(=O)c1ccc(F)c(Cl)c1. The highest BCUT2D eigenvalue weighted by Crippen LogP contribution is 2.23. The third kappa shape index (κ3) is 3.20. The van der Waals surface area contributed by atoms with Crippen LogP contribution in [0.15, 0.2) is 35.2 Å². The molecule has 0 saturated carbocycles. The van der Waals surface area contributed by atoms with Crippen molar-refractivity contribution in [3.63, 3.8) is 0 Å². The Morgan fingerprint density at radius 2 is 1.90 bits per heavy atom. The van der Waals surface area contributed by atoms with Gasteiger partial charge in [-0.2, -0.15) is 0 Å². The molecule has 2 aromatic rings. The Morgan fingerprint density at radius 1 is 1.20 bits per heavy atom. The van der Waals surface area contributed by atoms with Crippen LogP contribution in [0.3, 0.4) is 0 Å². The molecule has 1 N–H and O–H groups in total. The minimum absolute atomic E-state index is 0.141. The third-order valence-corrected chi connectivity index (χ3v) is 4.36. The molecule has 0 aliphatic rings. The second kappa shape index (κ2) is 5.55. The van der Waals surface area contributed by atoms with Crippen molar-refractivity contribution >= 4 is 38.9 Å². The van der Waals surface area contributed by atoms with Gasteiger partial charge in [0.1, 0.15) is 11.0 Å². The van der Waals surface area contributed by atoms with Gasteiger partial charge in [-0.1, -0.05) is 23.2 Å². The average Bonchev–Trinajstić information content (AvgIpc) is 2.36. The van der Waals surface area contributed by atoms with E-state index >= 15 is 0 Å². The first-order chi connectivity index (χ1) is 9.29. The zero-order chi connectivity index (χ0) is 14.9. The quantitative estimate of drug-likeness (QED) is 0.872. The van der Waals surface area contributed by atoms with E-state index in [0.29, 0.717) is 5.69 Å². The second-order valence-corrected chi connectivity index (χ2v) is 6.43. The standard InChI is InChI=1S/C12H9Cl2FN2O2S/c1-7-11(4-5-12(14)16-7)17-20(18,19)8-2-3-10(15)9(13)6-8/h2-6,17H,1H3. The highest BCUT2D eigenvalue weighted by Gasteiger charge is 2.17. The maximum atomic E-state index is 13.1. The van der Waals surface area contributed by atoms with Gasteiger partial charge in [0.25, 0.3) is 10.0 Å². The molecule has 0 saturated heterocycles. The van der Waals surface area contributed by atoms with E-state index in [1.54, 1.807) is 6.92 Å². The number of pyridine rings is 1. The Bertz CT molecular complexity index is 766. The van der Waals surface area contributed by atoms with Gasteiger partial charge in [0.05, 0.1) is 21.3 Å². The highest BCUT2D eigenvalue weighted by molar-refractivity contribution is 7.92. The van der Waals surface area contributed by atoms with Crippen molar-refractivity contribution in [2.75, 3.05) is 4.72 Å². The first-order valence-corrected chi connectivity index (χ1v) is 7.64. The van der Waals surface area contributed by atoms with Crippen LogP contribution < -0.4 is 4.72 Å². The minimum atomic E-state index is -3.87. The number of hydrogen-bond donors (Lipinski definition) is 1. The third-order valence-electron chi connectivity index (χ3n) is 2.50. The Morgan fingerprint density at radius 3 is 2.50 bits per heavy atom. The Hall–Kier alpha value is -1.37. The number of anilines is 1. The number of aryl methyl sites for hydroxylation is 1. The Balaban J connectivity index is 2.38. The van der Waals surface area contributed by atoms with Gasteiger partial charge >= 0.3 is 0 Å². The van der Waals surface area contributed by atoms with E-state index in [9.17, 15) is 12.8 Å². The summed E-state index contributed by atoms with van der Waals surface area (Å²) in [5.41, 5.74) is 0.712. The van der Waals surface area contributed by atoms with Crippen molar-refractivity contribution in [2.24, 2.45) is 0 Å². The molecular weight excluding hydrogens is 326 g/mol. The normalized spacial score (nSPS) is 11.4. The van der Waals surface area contributed by atoms with Gasteiger partial charge in [-0.25, -0.2) is 17.8 Å². The van der Waals surface area contributed by atoms with Crippen LogP contribution in [-0.4, -0.2) is 13.4 Å². The van der Waals surface area contributed by atoms with Crippen LogP contribution in [0.25, 0.3) is 0 Å². The first-order valence-electron chi connectivity index (χ1n) is 5.40. The van der Waals surface area contributed by atoms with Gasteiger partial charge in [-0.05, 0) is 37.3 Å². The molecule has 106 valence electrons.